The molecule has 1 aromatic heterocycles. The van der Waals surface area contributed by atoms with E-state index >= 15 is 0 Å². The molecule has 0 bridgehead atoms. The van der Waals surface area contributed by atoms with E-state index in [4.69, 9.17) is 14.2 Å². The number of pyridine rings is 1. The minimum absolute atomic E-state index is 0.0616. The summed E-state index contributed by atoms with van der Waals surface area (Å²) >= 11 is 0. The summed E-state index contributed by atoms with van der Waals surface area (Å²) in [6, 6.07) is 6.68. The second-order valence-corrected chi connectivity index (χ2v) is 6.68. The van der Waals surface area contributed by atoms with Gasteiger partial charge in [0.05, 0.1) is 40.9 Å². The van der Waals surface area contributed by atoms with Gasteiger partial charge in [-0.3, -0.25) is 15.7 Å². The first-order chi connectivity index (χ1) is 13.8. The van der Waals surface area contributed by atoms with Gasteiger partial charge in [-0.15, -0.1) is 0 Å². The molecule has 29 heavy (non-hydrogen) atoms. The molecule has 1 aromatic carbocycles. The third-order valence-corrected chi connectivity index (χ3v) is 4.11. The van der Waals surface area contributed by atoms with Crippen LogP contribution < -0.4 is 5.48 Å². The number of rotatable bonds is 8. The number of nitrogens with one attached hydrogen (secondary N) is 1. The molecule has 0 spiro atoms. The van der Waals surface area contributed by atoms with E-state index in [-0.39, 0.29) is 30.4 Å². The molecular formula is C21H26N2O6. The molecule has 0 aliphatic heterocycles. The van der Waals surface area contributed by atoms with Crippen molar-refractivity contribution in [3.63, 3.8) is 0 Å². The van der Waals surface area contributed by atoms with Gasteiger partial charge in [-0.05, 0) is 45.4 Å². The van der Waals surface area contributed by atoms with Crippen LogP contribution in [0.3, 0.4) is 0 Å². The lowest BCUT2D eigenvalue weighted by atomic mass is 9.92. The van der Waals surface area contributed by atoms with Crippen LogP contribution >= 0.6 is 0 Å². The van der Waals surface area contributed by atoms with Crippen molar-refractivity contribution in [1.29, 1.82) is 0 Å². The fourth-order valence-electron chi connectivity index (χ4n) is 2.95. The third-order valence-electron chi connectivity index (χ3n) is 4.11. The van der Waals surface area contributed by atoms with Crippen LogP contribution in [0.5, 0.6) is 0 Å². The topological polar surface area (TPSA) is 107 Å². The molecule has 0 aliphatic carbocycles. The largest absolute Gasteiger partial charge is 0.460 e. The number of benzene rings is 1. The Morgan fingerprint density at radius 2 is 1.76 bits per heavy atom. The summed E-state index contributed by atoms with van der Waals surface area (Å²) in [5.41, 5.74) is 4.55. The predicted molar refractivity (Wildman–Crippen MR) is 107 cm³/mol. The second kappa shape index (κ2) is 9.99. The van der Waals surface area contributed by atoms with Crippen molar-refractivity contribution in [1.82, 2.24) is 4.98 Å². The van der Waals surface area contributed by atoms with Crippen LogP contribution in [0, 0.1) is 13.8 Å². The number of aryl methyl sites for hydroxylation is 2. The predicted octanol–water partition coefficient (Wildman–Crippen LogP) is 3.53. The number of anilines is 1. The van der Waals surface area contributed by atoms with E-state index in [2.05, 4.69) is 10.5 Å². The highest BCUT2D eigenvalue weighted by Gasteiger charge is 2.28. The molecule has 0 radical (unpaired) electrons. The number of esters is 2. The number of methoxy groups -OCH3 is 1. The molecule has 156 valence electrons. The van der Waals surface area contributed by atoms with Crippen LogP contribution in [0.4, 0.5) is 5.69 Å². The minimum Gasteiger partial charge on any atom is -0.460 e. The zero-order valence-corrected chi connectivity index (χ0v) is 17.2. The van der Waals surface area contributed by atoms with E-state index < -0.39 is 11.9 Å². The minimum atomic E-state index is -0.622. The molecule has 0 amide bonds. The van der Waals surface area contributed by atoms with Gasteiger partial charge in [0.2, 0.25) is 0 Å². The lowest BCUT2D eigenvalue weighted by Gasteiger charge is -2.19. The van der Waals surface area contributed by atoms with Crippen molar-refractivity contribution in [2.75, 3.05) is 25.8 Å². The monoisotopic (exact) mass is 402 g/mol. The third kappa shape index (κ3) is 5.30. The van der Waals surface area contributed by atoms with E-state index in [0.29, 0.717) is 28.2 Å². The molecule has 0 unspecified atom stereocenters. The average molecular weight is 402 g/mol. The van der Waals surface area contributed by atoms with E-state index in [9.17, 15) is 14.8 Å². The maximum atomic E-state index is 12.9. The average Bonchev–Trinajstić information content (AvgIpc) is 2.66. The summed E-state index contributed by atoms with van der Waals surface area (Å²) < 4.78 is 15.6. The van der Waals surface area contributed by atoms with Gasteiger partial charge in [0.15, 0.2) is 0 Å². The number of carbonyl (C=O) groups is 2. The van der Waals surface area contributed by atoms with E-state index in [1.165, 1.54) is 7.11 Å². The van der Waals surface area contributed by atoms with Gasteiger partial charge in [-0.25, -0.2) is 9.59 Å². The molecule has 2 N–H and O–H groups in total. The van der Waals surface area contributed by atoms with Crippen molar-refractivity contribution in [2.24, 2.45) is 0 Å². The van der Waals surface area contributed by atoms with Crippen molar-refractivity contribution in [3.8, 4) is 11.1 Å². The number of hydrogen-bond acceptors (Lipinski definition) is 8. The first kappa shape index (κ1) is 22.3. The zero-order chi connectivity index (χ0) is 21.6. The molecule has 2 rings (SSSR count). The summed E-state index contributed by atoms with van der Waals surface area (Å²) in [6.07, 6.45) is -0.349. The molecule has 0 fully saturated rings. The maximum Gasteiger partial charge on any atom is 0.340 e. The van der Waals surface area contributed by atoms with E-state index in [0.717, 1.165) is 0 Å². The summed E-state index contributed by atoms with van der Waals surface area (Å²) in [4.78, 5) is 30.1. The Hall–Kier alpha value is -2.97. The Kier molecular flexibility index (Phi) is 7.69. The van der Waals surface area contributed by atoms with Gasteiger partial charge in [-0.1, -0.05) is 12.1 Å². The Labute approximate surface area is 169 Å². The molecular weight excluding hydrogens is 376 g/mol. The van der Waals surface area contributed by atoms with Gasteiger partial charge in [0.1, 0.15) is 6.61 Å². The fraction of sp³-hybridized carbons (Fsp3) is 0.381. The van der Waals surface area contributed by atoms with Crippen LogP contribution in [0.1, 0.15) is 46.0 Å². The van der Waals surface area contributed by atoms with Crippen molar-refractivity contribution in [2.45, 2.75) is 33.8 Å². The number of hydrogen-bond donors (Lipinski definition) is 2. The van der Waals surface area contributed by atoms with Gasteiger partial charge in [0.25, 0.3) is 0 Å². The number of nitrogens with zero attached hydrogens (tertiary/aromatic N) is 1. The Balaban J connectivity index is 2.74. The standard InChI is InChI=1S/C21H26N2O6/c1-12(2)29-21(25)18-14(4)22-13(3)17(20(24)28-10-9-27-5)19(18)15-7-6-8-16(11-15)23-26/h6-8,11-12,23,26H,9-10H2,1-5H3. The molecule has 8 heteroatoms. The smallest absolute Gasteiger partial charge is 0.340 e. The summed E-state index contributed by atoms with van der Waals surface area (Å²) in [5, 5.41) is 9.28. The molecule has 0 aliphatic rings. The van der Waals surface area contributed by atoms with E-state index in [1.54, 1.807) is 52.0 Å². The summed E-state index contributed by atoms with van der Waals surface area (Å²) in [7, 11) is 1.51. The van der Waals surface area contributed by atoms with Crippen LogP contribution in [0.25, 0.3) is 11.1 Å². The molecule has 0 saturated carbocycles. The zero-order valence-electron chi connectivity index (χ0n) is 17.2. The highest BCUT2D eigenvalue weighted by molar-refractivity contribution is 6.07. The Morgan fingerprint density at radius 3 is 2.34 bits per heavy atom. The van der Waals surface area contributed by atoms with Gasteiger partial charge in [-0.2, -0.15) is 0 Å². The number of ether oxygens (including phenoxy) is 3. The normalized spacial score (nSPS) is 10.7. The molecule has 8 nitrogen and oxygen atoms in total. The van der Waals surface area contributed by atoms with Crippen molar-refractivity contribution in [3.05, 3.63) is 46.8 Å². The van der Waals surface area contributed by atoms with E-state index in [1.807, 2.05) is 0 Å². The highest BCUT2D eigenvalue weighted by Crippen LogP contribution is 2.34. The molecule has 0 saturated heterocycles. The van der Waals surface area contributed by atoms with Crippen LogP contribution in [-0.2, 0) is 14.2 Å². The lowest BCUT2D eigenvalue weighted by Crippen LogP contribution is -2.20. The summed E-state index contributed by atoms with van der Waals surface area (Å²) in [6.45, 7) is 7.14. The van der Waals surface area contributed by atoms with Crippen molar-refractivity contribution < 1.29 is 29.0 Å². The van der Waals surface area contributed by atoms with Gasteiger partial charge < -0.3 is 14.2 Å². The first-order valence-corrected chi connectivity index (χ1v) is 9.18. The second-order valence-electron chi connectivity index (χ2n) is 6.68. The van der Waals surface area contributed by atoms with Crippen LogP contribution in [-0.4, -0.2) is 48.6 Å². The molecule has 2 aromatic rings. The molecule has 0 atom stereocenters. The van der Waals surface area contributed by atoms with Gasteiger partial charge in [0, 0.05) is 12.7 Å². The van der Waals surface area contributed by atoms with Crippen LogP contribution in [0.15, 0.2) is 24.3 Å². The number of aromatic nitrogens is 1. The van der Waals surface area contributed by atoms with Crippen molar-refractivity contribution >= 4 is 17.6 Å². The maximum absolute atomic E-state index is 12.9. The van der Waals surface area contributed by atoms with Gasteiger partial charge >= 0.3 is 11.9 Å². The number of carbonyl (C=O) groups excluding carboxylic acids is 2. The molecule has 1 heterocycles. The summed E-state index contributed by atoms with van der Waals surface area (Å²) in [5.74, 6) is -1.21. The SMILES string of the molecule is COCCOC(=O)c1c(C)nc(C)c(C(=O)OC(C)C)c1-c1cccc(NO)c1. The Bertz CT molecular complexity index is 895. The fourth-order valence-corrected chi connectivity index (χ4v) is 2.95. The lowest BCUT2D eigenvalue weighted by molar-refractivity contribution is 0.0377. The quantitative estimate of drug-likeness (QED) is 0.392. The first-order valence-electron chi connectivity index (χ1n) is 9.18. The Morgan fingerprint density at radius 1 is 1.10 bits per heavy atom. The van der Waals surface area contributed by atoms with Crippen LogP contribution in [0.2, 0.25) is 0 Å². The highest BCUT2D eigenvalue weighted by atomic mass is 16.6.